The van der Waals surface area contributed by atoms with E-state index in [-0.39, 0.29) is 32.6 Å². The van der Waals surface area contributed by atoms with Crippen LogP contribution in [-0.2, 0) is 28.6 Å². The van der Waals surface area contributed by atoms with Crippen molar-refractivity contribution < 1.29 is 43.6 Å². The summed E-state index contributed by atoms with van der Waals surface area (Å²) in [6.45, 7) is 2.89. The van der Waals surface area contributed by atoms with Crippen molar-refractivity contribution in [3.8, 4) is 0 Å². The van der Waals surface area contributed by atoms with Gasteiger partial charge >= 0.3 is 18.0 Å². The molecule has 30 heavy (non-hydrogen) atoms. The summed E-state index contributed by atoms with van der Waals surface area (Å²) in [6, 6.07) is 0. The lowest BCUT2D eigenvalue weighted by Crippen LogP contribution is -2.41. The molecule has 0 heterocycles. The number of hydrogen-bond donors (Lipinski definition) is 2. The first-order valence-corrected chi connectivity index (χ1v) is 9.86. The number of ether oxygens (including phenoxy) is 3. The molecule has 1 aliphatic rings. The van der Waals surface area contributed by atoms with E-state index in [0.29, 0.717) is 0 Å². The number of carbonyl (C=O) groups is 3. The molecule has 1 amide bonds. The van der Waals surface area contributed by atoms with Crippen LogP contribution in [0.1, 0.15) is 58.8 Å². The molecule has 0 bridgehead atoms. The monoisotopic (exact) mass is 434 g/mol. The maximum absolute atomic E-state index is 12.0. The largest absolute Gasteiger partial charge is 0.481 e. The zero-order valence-electron chi connectivity index (χ0n) is 17.3. The number of nitrogens with zero attached hydrogens (tertiary/aromatic N) is 1. The van der Waals surface area contributed by atoms with E-state index in [4.69, 9.17) is 19.3 Å². The third-order valence-corrected chi connectivity index (χ3v) is 4.69. The van der Waals surface area contributed by atoms with E-state index in [2.05, 4.69) is 10.2 Å². The van der Waals surface area contributed by atoms with Crippen molar-refractivity contribution in [1.82, 2.24) is 5.32 Å². The Kier molecular flexibility index (Phi) is 10.9. The maximum atomic E-state index is 12.0. The van der Waals surface area contributed by atoms with E-state index in [1.54, 1.807) is 0 Å². The number of alkyl carbamates (subject to hydrolysis) is 1. The van der Waals surface area contributed by atoms with Gasteiger partial charge in [-0.05, 0) is 25.2 Å². The highest BCUT2D eigenvalue weighted by Crippen LogP contribution is 2.38. The molecule has 1 rings (SSSR count). The first-order valence-electron chi connectivity index (χ1n) is 9.86. The third-order valence-electron chi connectivity index (χ3n) is 4.69. The minimum absolute atomic E-state index is 0.0247. The van der Waals surface area contributed by atoms with Crippen molar-refractivity contribution in [3.63, 3.8) is 0 Å². The van der Waals surface area contributed by atoms with E-state index in [1.807, 2.05) is 0 Å². The summed E-state index contributed by atoms with van der Waals surface area (Å²) in [7, 11) is 0. The standard InChI is InChI=1S/C18H30N2O10/c1-13(30-20(25)26)11-27-9-6-16(23)28-14(2)29-17(24)19-12-18(10-15(21)22)7-4-3-5-8-18/h13-14H,3-12H2,1-2H3,(H,19,24)(H,21,22)/t13-,14?/m1/s1. The van der Waals surface area contributed by atoms with Crippen LogP contribution in [0.15, 0.2) is 0 Å². The molecule has 12 nitrogen and oxygen atoms in total. The van der Waals surface area contributed by atoms with Crippen LogP contribution in [0.4, 0.5) is 4.79 Å². The van der Waals surface area contributed by atoms with Gasteiger partial charge in [-0.2, -0.15) is 0 Å². The van der Waals surface area contributed by atoms with E-state index in [1.165, 1.54) is 13.8 Å². The summed E-state index contributed by atoms with van der Waals surface area (Å²) in [5.74, 6) is -1.58. The van der Waals surface area contributed by atoms with Gasteiger partial charge in [0.25, 0.3) is 5.09 Å². The second-order valence-corrected chi connectivity index (χ2v) is 7.41. The first-order chi connectivity index (χ1) is 14.1. The Morgan fingerprint density at radius 3 is 2.43 bits per heavy atom. The molecule has 0 saturated heterocycles. The lowest BCUT2D eigenvalue weighted by Gasteiger charge is -2.36. The van der Waals surface area contributed by atoms with Gasteiger partial charge in [-0.3, -0.25) is 9.59 Å². The number of esters is 1. The van der Waals surface area contributed by atoms with Crippen LogP contribution in [0.3, 0.4) is 0 Å². The molecular weight excluding hydrogens is 404 g/mol. The molecule has 0 aromatic rings. The maximum Gasteiger partial charge on any atom is 0.410 e. The predicted octanol–water partition coefficient (Wildman–Crippen LogP) is 2.03. The Hall–Kier alpha value is -2.63. The molecule has 0 radical (unpaired) electrons. The van der Waals surface area contributed by atoms with Crippen molar-refractivity contribution in [2.75, 3.05) is 19.8 Å². The van der Waals surface area contributed by atoms with Gasteiger partial charge in [0.15, 0.2) is 0 Å². The molecular formula is C18H30N2O10. The van der Waals surface area contributed by atoms with Crippen LogP contribution in [0.5, 0.6) is 0 Å². The topological polar surface area (TPSA) is 164 Å². The van der Waals surface area contributed by atoms with Crippen LogP contribution in [-0.4, -0.2) is 60.4 Å². The Balaban J connectivity index is 2.27. The SMILES string of the molecule is CC(OC(=O)CCOC[C@@H](C)O[N+](=O)[O-])OC(=O)NCC1(CC(=O)O)CCCCC1. The number of nitrogens with one attached hydrogen (secondary N) is 1. The highest BCUT2D eigenvalue weighted by molar-refractivity contribution is 5.71. The van der Waals surface area contributed by atoms with Crippen LogP contribution in [0, 0.1) is 15.5 Å². The molecule has 12 heteroatoms. The Bertz CT molecular complexity index is 592. The second kappa shape index (κ2) is 12.8. The first kappa shape index (κ1) is 25.4. The second-order valence-electron chi connectivity index (χ2n) is 7.41. The number of rotatable bonds is 13. The zero-order valence-corrected chi connectivity index (χ0v) is 17.3. The number of carbonyl (C=O) groups excluding carboxylic acids is 2. The smallest absolute Gasteiger partial charge is 0.410 e. The van der Waals surface area contributed by atoms with Crippen molar-refractivity contribution in [3.05, 3.63) is 10.1 Å². The highest BCUT2D eigenvalue weighted by Gasteiger charge is 2.35. The van der Waals surface area contributed by atoms with E-state index < -0.39 is 40.9 Å². The van der Waals surface area contributed by atoms with E-state index in [0.717, 1.165) is 32.1 Å². The van der Waals surface area contributed by atoms with Gasteiger partial charge in [0.2, 0.25) is 6.29 Å². The molecule has 0 aromatic heterocycles. The number of hydrogen-bond acceptors (Lipinski definition) is 9. The normalized spacial score (nSPS) is 17.3. The Labute approximate surface area is 174 Å². The van der Waals surface area contributed by atoms with Crippen LogP contribution >= 0.6 is 0 Å². The third kappa shape index (κ3) is 10.8. The fraction of sp³-hybridized carbons (Fsp3) is 0.833. The van der Waals surface area contributed by atoms with Gasteiger partial charge in [0.05, 0.1) is 26.1 Å². The molecule has 1 unspecified atom stereocenters. The van der Waals surface area contributed by atoms with Gasteiger partial charge in [-0.15, -0.1) is 10.1 Å². The molecule has 0 aliphatic heterocycles. The summed E-state index contributed by atoms with van der Waals surface area (Å²) in [5.41, 5.74) is -0.490. The fourth-order valence-electron chi connectivity index (χ4n) is 3.34. The summed E-state index contributed by atoms with van der Waals surface area (Å²) in [6.07, 6.45) is 1.44. The predicted molar refractivity (Wildman–Crippen MR) is 101 cm³/mol. The number of amides is 1. The highest BCUT2D eigenvalue weighted by atomic mass is 17.0. The minimum atomic E-state index is -1.14. The lowest BCUT2D eigenvalue weighted by atomic mass is 9.72. The molecule has 2 N–H and O–H groups in total. The molecule has 1 saturated carbocycles. The van der Waals surface area contributed by atoms with E-state index in [9.17, 15) is 24.5 Å². The van der Waals surface area contributed by atoms with Gasteiger partial charge in [-0.1, -0.05) is 19.3 Å². The summed E-state index contributed by atoms with van der Waals surface area (Å²) in [5, 5.41) is 20.9. The van der Waals surface area contributed by atoms with Crippen LogP contribution in [0.2, 0.25) is 0 Å². The van der Waals surface area contributed by atoms with Crippen molar-refractivity contribution >= 4 is 18.0 Å². The van der Waals surface area contributed by atoms with Gasteiger partial charge in [-0.25, -0.2) is 4.79 Å². The summed E-state index contributed by atoms with van der Waals surface area (Å²) < 4.78 is 15.0. The quantitative estimate of drug-likeness (QED) is 0.144. The Morgan fingerprint density at radius 2 is 1.83 bits per heavy atom. The molecule has 0 spiro atoms. The number of carboxylic acids is 1. The van der Waals surface area contributed by atoms with Crippen LogP contribution in [0.25, 0.3) is 0 Å². The number of carboxylic acid groups (broad SMARTS) is 1. The molecule has 2 atom stereocenters. The molecule has 0 aromatic carbocycles. The zero-order chi connectivity index (χ0) is 22.6. The fourth-order valence-corrected chi connectivity index (χ4v) is 3.34. The number of aliphatic carboxylic acids is 1. The Morgan fingerprint density at radius 1 is 1.17 bits per heavy atom. The molecule has 172 valence electrons. The van der Waals surface area contributed by atoms with Crippen molar-refractivity contribution in [1.29, 1.82) is 0 Å². The average Bonchev–Trinajstić information content (AvgIpc) is 2.63. The van der Waals surface area contributed by atoms with Gasteiger partial charge in [0.1, 0.15) is 6.10 Å². The lowest BCUT2D eigenvalue weighted by molar-refractivity contribution is -0.768. The van der Waals surface area contributed by atoms with E-state index >= 15 is 0 Å². The average molecular weight is 434 g/mol. The van der Waals surface area contributed by atoms with Gasteiger partial charge in [0, 0.05) is 13.5 Å². The van der Waals surface area contributed by atoms with Gasteiger partial charge < -0.3 is 29.5 Å². The molecule has 1 aliphatic carbocycles. The van der Waals surface area contributed by atoms with Crippen molar-refractivity contribution in [2.24, 2.45) is 5.41 Å². The van der Waals surface area contributed by atoms with Crippen molar-refractivity contribution in [2.45, 2.75) is 71.2 Å². The van der Waals surface area contributed by atoms with Crippen LogP contribution < -0.4 is 5.32 Å². The minimum Gasteiger partial charge on any atom is -0.481 e. The summed E-state index contributed by atoms with van der Waals surface area (Å²) in [4.78, 5) is 49.2. The summed E-state index contributed by atoms with van der Waals surface area (Å²) >= 11 is 0. The molecule has 1 fully saturated rings.